The molecule has 86 valence electrons. The van der Waals surface area contributed by atoms with Gasteiger partial charge < -0.3 is 4.90 Å². The Morgan fingerprint density at radius 3 is 3.35 bits per heavy atom. The van der Waals surface area contributed by atoms with Gasteiger partial charge in [-0.2, -0.15) is 0 Å². The van der Waals surface area contributed by atoms with E-state index in [0.29, 0.717) is 0 Å². The second-order valence-electron chi connectivity index (χ2n) is 4.48. The second kappa shape index (κ2) is 3.20. The van der Waals surface area contributed by atoms with E-state index in [1.807, 2.05) is 28.9 Å². The summed E-state index contributed by atoms with van der Waals surface area (Å²) in [4.78, 5) is 19.5. The number of rotatable bonds is 0. The van der Waals surface area contributed by atoms with E-state index in [-0.39, 0.29) is 11.9 Å². The molecule has 1 amide bonds. The Bertz CT molecular complexity index is 600. The van der Waals surface area contributed by atoms with Crippen molar-refractivity contribution < 1.29 is 4.79 Å². The summed E-state index contributed by atoms with van der Waals surface area (Å²) in [5.74, 6) is 0.182. The smallest absolute Gasteiger partial charge is 0.266 e. The maximum Gasteiger partial charge on any atom is 0.266 e. The molecule has 1 fully saturated rings. The lowest BCUT2D eigenvalue weighted by molar-refractivity contribution is 0.0743. The van der Waals surface area contributed by atoms with Crippen molar-refractivity contribution in [3.63, 3.8) is 0 Å². The minimum atomic E-state index is 0.182. The summed E-state index contributed by atoms with van der Waals surface area (Å²) in [5, 5.41) is 1.97. The molecule has 0 aliphatic carbocycles. The standard InChI is InChI=1S/C12H11N3OS/c16-12-11-9(3-5-17-11)15-7-13-6-10(15)8-2-1-4-14(8)12/h3,5-8H,1-2,4H2/t8-/m0/s1. The fourth-order valence-electron chi connectivity index (χ4n) is 2.85. The van der Waals surface area contributed by atoms with Crippen LogP contribution in [0.3, 0.4) is 0 Å². The van der Waals surface area contributed by atoms with E-state index < -0.39 is 0 Å². The number of fused-ring (bicyclic) bond motifs is 5. The van der Waals surface area contributed by atoms with Gasteiger partial charge in [0.15, 0.2) is 0 Å². The van der Waals surface area contributed by atoms with Crippen LogP contribution in [0.15, 0.2) is 24.0 Å². The predicted octanol–water partition coefficient (Wildman–Crippen LogP) is 2.22. The van der Waals surface area contributed by atoms with Crippen molar-refractivity contribution in [1.82, 2.24) is 14.5 Å². The Labute approximate surface area is 103 Å². The molecule has 2 aromatic rings. The highest BCUT2D eigenvalue weighted by Gasteiger charge is 2.37. The molecule has 2 aliphatic rings. The number of hydrogen-bond acceptors (Lipinski definition) is 3. The van der Waals surface area contributed by atoms with Crippen molar-refractivity contribution >= 4 is 17.2 Å². The molecule has 0 saturated carbocycles. The van der Waals surface area contributed by atoms with Crippen LogP contribution in [0.1, 0.15) is 34.2 Å². The number of amides is 1. The number of aromatic nitrogens is 2. The SMILES string of the molecule is O=C1c2sccc2-n2cncc2[C@@H]2CCCN12. The van der Waals surface area contributed by atoms with Crippen LogP contribution in [-0.2, 0) is 0 Å². The van der Waals surface area contributed by atoms with Crippen LogP contribution in [0.2, 0.25) is 0 Å². The normalized spacial score (nSPS) is 22.0. The molecule has 4 rings (SSSR count). The molecule has 1 saturated heterocycles. The van der Waals surface area contributed by atoms with E-state index in [2.05, 4.69) is 9.55 Å². The minimum Gasteiger partial charge on any atom is -0.329 e. The first-order chi connectivity index (χ1) is 8.36. The van der Waals surface area contributed by atoms with Crippen LogP contribution in [0.5, 0.6) is 0 Å². The summed E-state index contributed by atoms with van der Waals surface area (Å²) in [6, 6.07) is 2.22. The molecule has 17 heavy (non-hydrogen) atoms. The fraction of sp³-hybridized carbons (Fsp3) is 0.333. The zero-order chi connectivity index (χ0) is 11.4. The molecule has 4 nitrogen and oxygen atoms in total. The van der Waals surface area contributed by atoms with E-state index in [4.69, 9.17) is 0 Å². The highest BCUT2D eigenvalue weighted by atomic mass is 32.1. The summed E-state index contributed by atoms with van der Waals surface area (Å²) in [5.41, 5.74) is 2.13. The zero-order valence-corrected chi connectivity index (χ0v) is 9.98. The molecule has 0 N–H and O–H groups in total. The van der Waals surface area contributed by atoms with Gasteiger partial charge in [-0.05, 0) is 24.3 Å². The van der Waals surface area contributed by atoms with Gasteiger partial charge in [-0.25, -0.2) is 4.98 Å². The Hall–Kier alpha value is -1.62. The van der Waals surface area contributed by atoms with Gasteiger partial charge in [-0.1, -0.05) is 0 Å². The van der Waals surface area contributed by atoms with E-state index in [1.165, 1.54) is 11.3 Å². The molecule has 0 aromatic carbocycles. The number of carbonyl (C=O) groups excluding carboxylic acids is 1. The number of hydrogen-bond donors (Lipinski definition) is 0. The Morgan fingerprint density at radius 1 is 1.47 bits per heavy atom. The second-order valence-corrected chi connectivity index (χ2v) is 5.40. The average Bonchev–Trinajstić information content (AvgIpc) is 3.06. The predicted molar refractivity (Wildman–Crippen MR) is 64.5 cm³/mol. The number of thiophene rings is 1. The van der Waals surface area contributed by atoms with Gasteiger partial charge in [0.2, 0.25) is 0 Å². The summed E-state index contributed by atoms with van der Waals surface area (Å²) in [6.07, 6.45) is 5.84. The molecule has 2 aromatic heterocycles. The fourth-order valence-corrected chi connectivity index (χ4v) is 3.69. The molecule has 5 heteroatoms. The van der Waals surface area contributed by atoms with Gasteiger partial charge in [0.25, 0.3) is 5.91 Å². The van der Waals surface area contributed by atoms with E-state index >= 15 is 0 Å². The lowest BCUT2D eigenvalue weighted by Crippen LogP contribution is -2.28. The molecule has 0 spiro atoms. The average molecular weight is 245 g/mol. The maximum absolute atomic E-state index is 12.4. The molecule has 1 atom stereocenters. The van der Waals surface area contributed by atoms with Crippen LogP contribution in [0, 0.1) is 0 Å². The first-order valence-electron chi connectivity index (χ1n) is 5.77. The van der Waals surface area contributed by atoms with Gasteiger partial charge in [0.05, 0.1) is 29.9 Å². The lowest BCUT2D eigenvalue weighted by Gasteiger charge is -2.21. The highest BCUT2D eigenvalue weighted by molar-refractivity contribution is 7.12. The molecule has 0 bridgehead atoms. The van der Waals surface area contributed by atoms with Crippen LogP contribution in [0.4, 0.5) is 0 Å². The summed E-state index contributed by atoms with van der Waals surface area (Å²) >= 11 is 1.52. The summed E-state index contributed by atoms with van der Waals surface area (Å²) < 4.78 is 2.07. The van der Waals surface area contributed by atoms with Crippen molar-refractivity contribution in [1.29, 1.82) is 0 Å². The maximum atomic E-state index is 12.4. The topological polar surface area (TPSA) is 38.1 Å². The molecule has 2 aliphatic heterocycles. The Kier molecular flexibility index (Phi) is 1.77. The van der Waals surface area contributed by atoms with Crippen LogP contribution < -0.4 is 0 Å². The molecule has 0 radical (unpaired) electrons. The molecular weight excluding hydrogens is 234 g/mol. The zero-order valence-electron chi connectivity index (χ0n) is 9.17. The first-order valence-corrected chi connectivity index (χ1v) is 6.65. The molecular formula is C12H11N3OS. The van der Waals surface area contributed by atoms with Crippen LogP contribution in [-0.4, -0.2) is 26.9 Å². The number of imidazole rings is 1. The van der Waals surface area contributed by atoms with Gasteiger partial charge in [0.1, 0.15) is 4.88 Å². The van der Waals surface area contributed by atoms with Gasteiger partial charge in [-0.15, -0.1) is 11.3 Å². The first kappa shape index (κ1) is 9.41. The Balaban J connectivity index is 2.03. The summed E-state index contributed by atoms with van der Waals surface area (Å²) in [7, 11) is 0. The van der Waals surface area contributed by atoms with Crippen molar-refractivity contribution in [3.05, 3.63) is 34.5 Å². The largest absolute Gasteiger partial charge is 0.329 e. The van der Waals surface area contributed by atoms with Crippen molar-refractivity contribution in [3.8, 4) is 5.69 Å². The van der Waals surface area contributed by atoms with E-state index in [0.717, 1.165) is 35.6 Å². The van der Waals surface area contributed by atoms with Gasteiger partial charge >= 0.3 is 0 Å². The van der Waals surface area contributed by atoms with Crippen molar-refractivity contribution in [2.75, 3.05) is 6.54 Å². The quantitative estimate of drug-likeness (QED) is 0.713. The van der Waals surface area contributed by atoms with Crippen LogP contribution >= 0.6 is 11.3 Å². The van der Waals surface area contributed by atoms with Gasteiger partial charge in [-0.3, -0.25) is 9.36 Å². The van der Waals surface area contributed by atoms with Crippen molar-refractivity contribution in [2.24, 2.45) is 0 Å². The van der Waals surface area contributed by atoms with Crippen molar-refractivity contribution in [2.45, 2.75) is 18.9 Å². The molecule has 4 heterocycles. The number of nitrogens with zero attached hydrogens (tertiary/aromatic N) is 3. The van der Waals surface area contributed by atoms with E-state index in [9.17, 15) is 4.79 Å². The Morgan fingerprint density at radius 2 is 2.41 bits per heavy atom. The monoisotopic (exact) mass is 245 g/mol. The van der Waals surface area contributed by atoms with E-state index in [1.54, 1.807) is 0 Å². The highest BCUT2D eigenvalue weighted by Crippen LogP contribution is 2.39. The third-order valence-corrected chi connectivity index (χ3v) is 4.51. The minimum absolute atomic E-state index is 0.182. The third-order valence-electron chi connectivity index (χ3n) is 3.62. The molecule has 0 unspecified atom stereocenters. The third kappa shape index (κ3) is 1.12. The van der Waals surface area contributed by atoms with Gasteiger partial charge in [0, 0.05) is 6.54 Å². The number of carbonyl (C=O) groups is 1. The van der Waals surface area contributed by atoms with Crippen LogP contribution in [0.25, 0.3) is 5.69 Å². The lowest BCUT2D eigenvalue weighted by atomic mass is 10.1. The summed E-state index contributed by atoms with van der Waals surface area (Å²) in [6.45, 7) is 0.867.